The Morgan fingerprint density at radius 2 is 2.17 bits per heavy atom. The van der Waals surface area contributed by atoms with Gasteiger partial charge in [-0.3, -0.25) is 4.79 Å². The van der Waals surface area contributed by atoms with Crippen LogP contribution in [0.5, 0.6) is 5.75 Å². The summed E-state index contributed by atoms with van der Waals surface area (Å²) in [5.41, 5.74) is 0.962. The average Bonchev–Trinajstić information content (AvgIpc) is 2.96. The van der Waals surface area contributed by atoms with Crippen LogP contribution in [0.2, 0.25) is 0 Å². The fourth-order valence-corrected chi connectivity index (χ4v) is 2.97. The summed E-state index contributed by atoms with van der Waals surface area (Å²) in [4.78, 5) is 16.9. The van der Waals surface area contributed by atoms with Gasteiger partial charge in [-0.25, -0.2) is 4.98 Å². The molecule has 1 amide bonds. The summed E-state index contributed by atoms with van der Waals surface area (Å²) in [6, 6.07) is 7.89. The van der Waals surface area contributed by atoms with Gasteiger partial charge in [-0.1, -0.05) is 39.0 Å². The van der Waals surface area contributed by atoms with E-state index < -0.39 is 0 Å². The molecule has 2 heterocycles. The van der Waals surface area contributed by atoms with Crippen LogP contribution in [-0.4, -0.2) is 22.1 Å². The minimum Gasteiger partial charge on any atom is -0.493 e. The minimum absolute atomic E-state index is 0.00444. The van der Waals surface area contributed by atoms with Crippen LogP contribution in [0, 0.1) is 0 Å². The lowest BCUT2D eigenvalue weighted by molar-refractivity contribution is -0.122. The number of nitrogens with zero attached hydrogens (tertiary/aromatic N) is 2. The van der Waals surface area contributed by atoms with Crippen LogP contribution in [0.3, 0.4) is 0 Å². The van der Waals surface area contributed by atoms with Crippen molar-refractivity contribution in [3.63, 3.8) is 0 Å². The van der Waals surface area contributed by atoms with E-state index in [9.17, 15) is 4.79 Å². The third-order valence-corrected chi connectivity index (χ3v) is 3.99. The van der Waals surface area contributed by atoms with Gasteiger partial charge >= 0.3 is 0 Å². The Hall–Kier alpha value is -2.30. The molecule has 1 atom stereocenters. The molecule has 0 aliphatic carbocycles. The van der Waals surface area contributed by atoms with E-state index in [1.54, 1.807) is 6.20 Å². The van der Waals surface area contributed by atoms with Gasteiger partial charge in [-0.05, 0) is 6.07 Å². The second-order valence-electron chi connectivity index (χ2n) is 6.92. The molecule has 1 aliphatic rings. The Kier molecular flexibility index (Phi) is 4.11. The van der Waals surface area contributed by atoms with Crippen molar-refractivity contribution in [1.29, 1.82) is 0 Å². The van der Waals surface area contributed by atoms with Crippen molar-refractivity contribution in [2.24, 2.45) is 0 Å². The maximum absolute atomic E-state index is 12.5. The van der Waals surface area contributed by atoms with Gasteiger partial charge in [0.1, 0.15) is 18.1 Å². The smallest absolute Gasteiger partial charge is 0.240 e. The Morgan fingerprint density at radius 3 is 2.96 bits per heavy atom. The molecule has 2 aromatic rings. The number of rotatable bonds is 3. The summed E-state index contributed by atoms with van der Waals surface area (Å²) < 4.78 is 7.56. The standard InChI is InChI=1S/C18H23N3O2/c1-18(2,3)17-19-9-10-21(17)12-16(22)20-14-8-11-23-15-7-5-4-6-13(14)15/h4-7,9-10,14H,8,11-12H2,1-3H3,(H,20,22). The molecule has 0 spiro atoms. The first-order valence-corrected chi connectivity index (χ1v) is 7.98. The molecule has 0 saturated heterocycles. The first kappa shape index (κ1) is 15.6. The molecular formula is C18H23N3O2. The predicted octanol–water partition coefficient (Wildman–Crippen LogP) is 2.82. The number of imidazole rings is 1. The van der Waals surface area contributed by atoms with E-state index in [-0.39, 0.29) is 23.9 Å². The highest BCUT2D eigenvalue weighted by atomic mass is 16.5. The minimum atomic E-state index is -0.0882. The molecule has 1 aromatic carbocycles. The number of hydrogen-bond donors (Lipinski definition) is 1. The fraction of sp³-hybridized carbons (Fsp3) is 0.444. The molecule has 1 aliphatic heterocycles. The van der Waals surface area contributed by atoms with Gasteiger partial charge in [0.05, 0.1) is 12.6 Å². The zero-order valence-corrected chi connectivity index (χ0v) is 13.9. The number of carbonyl (C=O) groups excluding carboxylic acids is 1. The number of carbonyl (C=O) groups is 1. The highest BCUT2D eigenvalue weighted by Crippen LogP contribution is 2.31. The van der Waals surface area contributed by atoms with Crippen LogP contribution in [0.1, 0.15) is 44.6 Å². The van der Waals surface area contributed by atoms with Crippen LogP contribution in [0.4, 0.5) is 0 Å². The van der Waals surface area contributed by atoms with E-state index in [0.717, 1.165) is 23.6 Å². The van der Waals surface area contributed by atoms with E-state index in [4.69, 9.17) is 4.74 Å². The maximum atomic E-state index is 12.5. The molecule has 1 unspecified atom stereocenters. The molecule has 122 valence electrons. The van der Waals surface area contributed by atoms with Crippen molar-refractivity contribution >= 4 is 5.91 Å². The van der Waals surface area contributed by atoms with Crippen molar-refractivity contribution in [2.45, 2.75) is 45.2 Å². The molecule has 1 N–H and O–H groups in total. The number of ether oxygens (including phenoxy) is 1. The highest BCUT2D eigenvalue weighted by Gasteiger charge is 2.24. The van der Waals surface area contributed by atoms with Gasteiger partial charge in [0.2, 0.25) is 5.91 Å². The summed E-state index contributed by atoms with van der Waals surface area (Å²) in [6.07, 6.45) is 4.40. The molecule has 23 heavy (non-hydrogen) atoms. The SMILES string of the molecule is CC(C)(C)c1nccn1CC(=O)NC1CCOc2ccccc21. The lowest BCUT2D eigenvalue weighted by atomic mass is 9.95. The molecule has 0 bridgehead atoms. The van der Waals surface area contributed by atoms with Crippen molar-refractivity contribution in [3.05, 3.63) is 48.0 Å². The third-order valence-electron chi connectivity index (χ3n) is 3.99. The zero-order valence-electron chi connectivity index (χ0n) is 13.9. The molecule has 0 saturated carbocycles. The van der Waals surface area contributed by atoms with E-state index >= 15 is 0 Å². The van der Waals surface area contributed by atoms with Crippen molar-refractivity contribution in [1.82, 2.24) is 14.9 Å². The Bertz CT molecular complexity index is 700. The molecule has 5 heteroatoms. The first-order valence-electron chi connectivity index (χ1n) is 7.98. The normalized spacial score (nSPS) is 17.3. The summed E-state index contributed by atoms with van der Waals surface area (Å²) in [5, 5.41) is 3.12. The third kappa shape index (κ3) is 3.38. The van der Waals surface area contributed by atoms with Gasteiger partial charge in [0.15, 0.2) is 0 Å². The number of para-hydroxylation sites is 1. The van der Waals surface area contributed by atoms with Crippen molar-refractivity contribution in [3.8, 4) is 5.75 Å². The number of amides is 1. The molecule has 5 nitrogen and oxygen atoms in total. The fourth-order valence-electron chi connectivity index (χ4n) is 2.97. The maximum Gasteiger partial charge on any atom is 0.240 e. The predicted molar refractivity (Wildman–Crippen MR) is 88.4 cm³/mol. The second kappa shape index (κ2) is 6.07. The van der Waals surface area contributed by atoms with E-state index in [1.165, 1.54) is 0 Å². The summed E-state index contributed by atoms with van der Waals surface area (Å²) in [6.45, 7) is 7.20. The summed E-state index contributed by atoms with van der Waals surface area (Å²) >= 11 is 0. The lowest BCUT2D eigenvalue weighted by Gasteiger charge is -2.27. The van der Waals surface area contributed by atoms with Gasteiger partial charge in [0.25, 0.3) is 0 Å². The van der Waals surface area contributed by atoms with Gasteiger partial charge < -0.3 is 14.6 Å². The molecule has 1 aromatic heterocycles. The van der Waals surface area contributed by atoms with Crippen LogP contribution in [0.15, 0.2) is 36.7 Å². The first-order chi connectivity index (χ1) is 10.9. The Balaban J connectivity index is 1.71. The number of fused-ring (bicyclic) bond motifs is 1. The molecule has 3 rings (SSSR count). The van der Waals surface area contributed by atoms with E-state index in [0.29, 0.717) is 6.61 Å². The summed E-state index contributed by atoms with van der Waals surface area (Å²) in [7, 11) is 0. The van der Waals surface area contributed by atoms with E-state index in [2.05, 4.69) is 31.1 Å². The van der Waals surface area contributed by atoms with Gasteiger partial charge in [-0.2, -0.15) is 0 Å². The van der Waals surface area contributed by atoms with E-state index in [1.807, 2.05) is 35.0 Å². The van der Waals surface area contributed by atoms with Crippen molar-refractivity contribution in [2.75, 3.05) is 6.61 Å². The number of nitrogens with one attached hydrogen (secondary N) is 1. The van der Waals surface area contributed by atoms with Gasteiger partial charge in [-0.15, -0.1) is 0 Å². The number of hydrogen-bond acceptors (Lipinski definition) is 3. The molecule has 0 fully saturated rings. The molecular weight excluding hydrogens is 290 g/mol. The van der Waals surface area contributed by atoms with Gasteiger partial charge in [0, 0.05) is 29.8 Å². The highest BCUT2D eigenvalue weighted by molar-refractivity contribution is 5.76. The Morgan fingerprint density at radius 1 is 1.39 bits per heavy atom. The van der Waals surface area contributed by atoms with Crippen LogP contribution >= 0.6 is 0 Å². The second-order valence-corrected chi connectivity index (χ2v) is 6.92. The van der Waals surface area contributed by atoms with Crippen LogP contribution in [-0.2, 0) is 16.8 Å². The number of aromatic nitrogens is 2. The monoisotopic (exact) mass is 313 g/mol. The Labute approximate surface area is 136 Å². The average molecular weight is 313 g/mol. The topological polar surface area (TPSA) is 56.2 Å². The van der Waals surface area contributed by atoms with Crippen molar-refractivity contribution < 1.29 is 9.53 Å². The number of benzene rings is 1. The van der Waals surface area contributed by atoms with Crippen LogP contribution < -0.4 is 10.1 Å². The largest absolute Gasteiger partial charge is 0.493 e. The van der Waals surface area contributed by atoms with Crippen LogP contribution in [0.25, 0.3) is 0 Å². The zero-order chi connectivity index (χ0) is 16.4. The lowest BCUT2D eigenvalue weighted by Crippen LogP contribution is -2.35. The molecule has 0 radical (unpaired) electrons. The quantitative estimate of drug-likeness (QED) is 0.948. The summed E-state index contributed by atoms with van der Waals surface area (Å²) in [5.74, 6) is 1.78.